The smallest absolute Gasteiger partial charge is 0.229 e. The summed E-state index contributed by atoms with van der Waals surface area (Å²) in [4.78, 5) is 17.4. The molecule has 3 aromatic rings. The Morgan fingerprint density at radius 3 is 2.52 bits per heavy atom. The van der Waals surface area contributed by atoms with Gasteiger partial charge in [-0.15, -0.1) is 11.3 Å². The lowest BCUT2D eigenvalue weighted by atomic mass is 10.2. The van der Waals surface area contributed by atoms with E-state index < -0.39 is 0 Å². The van der Waals surface area contributed by atoms with Gasteiger partial charge in [-0.05, 0) is 17.7 Å². The Balaban J connectivity index is 1.91. The molecular formula is C17H13NO2S. The number of aromatic nitrogens is 1. The minimum atomic E-state index is -0.111. The molecule has 0 N–H and O–H groups in total. The number of nitrogens with zero attached hydrogens (tertiary/aromatic N) is 1. The number of rotatable bonds is 4. The Morgan fingerprint density at radius 1 is 1.00 bits per heavy atom. The second-order valence-electron chi connectivity index (χ2n) is 4.47. The van der Waals surface area contributed by atoms with Gasteiger partial charge in [-0.1, -0.05) is 42.5 Å². The van der Waals surface area contributed by atoms with Gasteiger partial charge in [0.25, 0.3) is 0 Å². The lowest BCUT2D eigenvalue weighted by Crippen LogP contribution is -2.07. The predicted molar refractivity (Wildman–Crippen MR) is 84.6 cm³/mol. The lowest BCUT2D eigenvalue weighted by molar-refractivity contribution is 0.304. The average Bonchev–Trinajstić information content (AvgIpc) is 2.98. The van der Waals surface area contributed by atoms with Crippen LogP contribution in [0, 0.1) is 0 Å². The van der Waals surface area contributed by atoms with Crippen molar-refractivity contribution in [2.24, 2.45) is 0 Å². The van der Waals surface area contributed by atoms with Crippen LogP contribution in [-0.2, 0) is 6.61 Å². The quantitative estimate of drug-likeness (QED) is 0.736. The Kier molecular flexibility index (Phi) is 4.07. The topological polar surface area (TPSA) is 39.2 Å². The SMILES string of the molecule is O=c1c(OCc2ccccc2)ccccc1-c1cncs1. The van der Waals surface area contributed by atoms with E-state index in [0.717, 1.165) is 10.4 Å². The maximum atomic E-state index is 12.5. The maximum Gasteiger partial charge on any atom is 0.229 e. The Hall–Kier alpha value is -2.46. The predicted octanol–water partition coefficient (Wildman–Crippen LogP) is 3.75. The summed E-state index contributed by atoms with van der Waals surface area (Å²) in [5, 5.41) is 0. The van der Waals surface area contributed by atoms with E-state index >= 15 is 0 Å². The summed E-state index contributed by atoms with van der Waals surface area (Å²) in [5.41, 5.74) is 3.25. The van der Waals surface area contributed by atoms with Crippen LogP contribution in [0.3, 0.4) is 0 Å². The molecule has 0 fully saturated rings. The highest BCUT2D eigenvalue weighted by atomic mass is 32.1. The van der Waals surface area contributed by atoms with Gasteiger partial charge in [-0.3, -0.25) is 9.78 Å². The first-order valence-corrected chi connectivity index (χ1v) is 7.41. The fourth-order valence-electron chi connectivity index (χ4n) is 1.97. The van der Waals surface area contributed by atoms with Gasteiger partial charge in [0.2, 0.25) is 5.43 Å². The molecule has 104 valence electrons. The van der Waals surface area contributed by atoms with Crippen LogP contribution in [0.5, 0.6) is 5.75 Å². The van der Waals surface area contributed by atoms with Gasteiger partial charge in [-0.25, -0.2) is 0 Å². The van der Waals surface area contributed by atoms with E-state index in [4.69, 9.17) is 4.74 Å². The fraction of sp³-hybridized carbons (Fsp3) is 0.0588. The van der Waals surface area contributed by atoms with Crippen molar-refractivity contribution in [3.8, 4) is 16.2 Å². The van der Waals surface area contributed by atoms with E-state index in [2.05, 4.69) is 4.98 Å². The van der Waals surface area contributed by atoms with Gasteiger partial charge in [0.1, 0.15) is 6.61 Å². The van der Waals surface area contributed by atoms with Gasteiger partial charge < -0.3 is 4.74 Å². The van der Waals surface area contributed by atoms with Gasteiger partial charge in [0.15, 0.2) is 5.75 Å². The molecule has 0 saturated carbocycles. The van der Waals surface area contributed by atoms with Crippen LogP contribution in [0.25, 0.3) is 10.4 Å². The molecule has 0 unspecified atom stereocenters. The monoisotopic (exact) mass is 295 g/mol. The lowest BCUT2D eigenvalue weighted by Gasteiger charge is -2.04. The second-order valence-corrected chi connectivity index (χ2v) is 5.35. The van der Waals surface area contributed by atoms with Crippen molar-refractivity contribution in [2.75, 3.05) is 0 Å². The number of ether oxygens (including phenoxy) is 1. The van der Waals surface area contributed by atoms with Crippen molar-refractivity contribution in [3.63, 3.8) is 0 Å². The zero-order valence-corrected chi connectivity index (χ0v) is 12.0. The molecule has 2 aromatic carbocycles. The molecule has 0 amide bonds. The van der Waals surface area contributed by atoms with Crippen LogP contribution < -0.4 is 10.2 Å². The highest BCUT2D eigenvalue weighted by Crippen LogP contribution is 2.21. The van der Waals surface area contributed by atoms with Crippen molar-refractivity contribution in [3.05, 3.63) is 82.1 Å². The summed E-state index contributed by atoms with van der Waals surface area (Å²) in [6, 6.07) is 16.9. The Bertz CT molecular complexity index is 770. The van der Waals surface area contributed by atoms with Crippen LogP contribution in [0.4, 0.5) is 0 Å². The highest BCUT2D eigenvalue weighted by Gasteiger charge is 2.08. The third kappa shape index (κ3) is 3.17. The first-order chi connectivity index (χ1) is 10.3. The van der Waals surface area contributed by atoms with Crippen LogP contribution >= 0.6 is 11.3 Å². The molecule has 0 spiro atoms. The molecule has 3 nitrogen and oxygen atoms in total. The first kappa shape index (κ1) is 13.5. The van der Waals surface area contributed by atoms with E-state index in [9.17, 15) is 4.79 Å². The van der Waals surface area contributed by atoms with Crippen LogP contribution in [0.15, 0.2) is 71.1 Å². The molecule has 0 aliphatic rings. The van der Waals surface area contributed by atoms with Gasteiger partial charge in [-0.2, -0.15) is 0 Å². The molecule has 0 saturated heterocycles. The average molecular weight is 295 g/mol. The molecule has 0 atom stereocenters. The second kappa shape index (κ2) is 6.33. The fourth-order valence-corrected chi connectivity index (χ4v) is 2.62. The molecule has 21 heavy (non-hydrogen) atoms. The summed E-state index contributed by atoms with van der Waals surface area (Å²) in [6.07, 6.45) is 1.70. The molecule has 4 heteroatoms. The Labute approximate surface area is 126 Å². The summed E-state index contributed by atoms with van der Waals surface area (Å²) >= 11 is 1.44. The standard InChI is InChI=1S/C17H13NO2S/c19-17-14(16-10-18-12-21-16)8-4-5-9-15(17)20-11-13-6-2-1-3-7-13/h1-10,12H,11H2. The van der Waals surface area contributed by atoms with E-state index in [1.807, 2.05) is 42.5 Å². The third-order valence-corrected chi connectivity index (χ3v) is 3.83. The molecule has 0 aliphatic carbocycles. The third-order valence-electron chi connectivity index (χ3n) is 3.02. The molecule has 0 bridgehead atoms. The summed E-state index contributed by atoms with van der Waals surface area (Å²) in [5.74, 6) is 0.354. The van der Waals surface area contributed by atoms with Crippen LogP contribution in [-0.4, -0.2) is 4.98 Å². The largest absolute Gasteiger partial charge is 0.485 e. The van der Waals surface area contributed by atoms with Crippen molar-refractivity contribution in [2.45, 2.75) is 6.61 Å². The highest BCUT2D eigenvalue weighted by molar-refractivity contribution is 7.13. The number of thiazole rings is 1. The van der Waals surface area contributed by atoms with Crippen LogP contribution in [0.1, 0.15) is 5.56 Å². The number of hydrogen-bond donors (Lipinski definition) is 0. The Morgan fingerprint density at radius 2 is 1.76 bits per heavy atom. The van der Waals surface area contributed by atoms with Gasteiger partial charge in [0, 0.05) is 11.8 Å². The molecule has 0 aliphatic heterocycles. The molecular weight excluding hydrogens is 282 g/mol. The van der Waals surface area contributed by atoms with E-state index in [-0.39, 0.29) is 5.43 Å². The molecule has 0 radical (unpaired) electrons. The molecule has 1 heterocycles. The van der Waals surface area contributed by atoms with E-state index in [0.29, 0.717) is 17.9 Å². The number of benzene rings is 1. The maximum absolute atomic E-state index is 12.5. The van der Waals surface area contributed by atoms with Gasteiger partial charge in [0.05, 0.1) is 10.4 Å². The number of hydrogen-bond acceptors (Lipinski definition) is 4. The van der Waals surface area contributed by atoms with Crippen molar-refractivity contribution in [1.82, 2.24) is 4.98 Å². The molecule has 1 aromatic heterocycles. The van der Waals surface area contributed by atoms with E-state index in [1.54, 1.807) is 23.8 Å². The minimum absolute atomic E-state index is 0.111. The van der Waals surface area contributed by atoms with Crippen molar-refractivity contribution >= 4 is 11.3 Å². The normalized spacial score (nSPS) is 10.3. The minimum Gasteiger partial charge on any atom is -0.485 e. The van der Waals surface area contributed by atoms with Gasteiger partial charge >= 0.3 is 0 Å². The van der Waals surface area contributed by atoms with Crippen molar-refractivity contribution in [1.29, 1.82) is 0 Å². The summed E-state index contributed by atoms with van der Waals surface area (Å²) in [7, 11) is 0. The van der Waals surface area contributed by atoms with Crippen LogP contribution in [0.2, 0.25) is 0 Å². The first-order valence-electron chi connectivity index (χ1n) is 6.53. The summed E-state index contributed by atoms with van der Waals surface area (Å²) in [6.45, 7) is 0.377. The molecule has 3 rings (SSSR count). The zero-order valence-electron chi connectivity index (χ0n) is 11.2. The zero-order chi connectivity index (χ0) is 14.5. The van der Waals surface area contributed by atoms with Crippen molar-refractivity contribution < 1.29 is 4.74 Å². The van der Waals surface area contributed by atoms with E-state index in [1.165, 1.54) is 11.3 Å². The summed E-state index contributed by atoms with van der Waals surface area (Å²) < 4.78 is 5.69.